The molecule has 3 heterocycles. The van der Waals surface area contributed by atoms with Gasteiger partial charge in [-0.05, 0) is 25.0 Å². The van der Waals surface area contributed by atoms with Gasteiger partial charge < -0.3 is 4.52 Å². The van der Waals surface area contributed by atoms with Gasteiger partial charge >= 0.3 is 0 Å². The van der Waals surface area contributed by atoms with E-state index in [2.05, 4.69) is 25.8 Å². The number of amides is 1. The number of anilines is 1. The first-order valence-electron chi connectivity index (χ1n) is 7.93. The van der Waals surface area contributed by atoms with E-state index >= 15 is 0 Å². The van der Waals surface area contributed by atoms with Gasteiger partial charge in [-0.15, -0.1) is 10.2 Å². The topological polar surface area (TPSA) is 98.2 Å². The van der Waals surface area contributed by atoms with Crippen molar-refractivity contribution in [2.75, 3.05) is 5.32 Å². The molecule has 0 saturated heterocycles. The molecule has 3 aromatic rings. The zero-order chi connectivity index (χ0) is 16.9. The lowest BCUT2D eigenvalue weighted by Crippen LogP contribution is -2.15. The lowest BCUT2D eigenvalue weighted by Gasteiger charge is -2.12. The first-order valence-corrected chi connectivity index (χ1v) is 7.93. The molecule has 0 spiro atoms. The molecular weight excluding hydrogens is 308 g/mol. The fraction of sp³-hybridized carbons (Fsp3) is 0.438. The SMILES string of the molecule is CC(C)(C)c1cc(NC(=O)c2ccc3nnc(C4CC4)n3n2)on1. The first-order chi connectivity index (χ1) is 11.4. The number of carbonyl (C=O) groups is 1. The zero-order valence-electron chi connectivity index (χ0n) is 13.8. The molecule has 8 heteroatoms. The Morgan fingerprint density at radius 2 is 2.08 bits per heavy atom. The average Bonchev–Trinajstić information content (AvgIpc) is 3.09. The van der Waals surface area contributed by atoms with Crippen LogP contribution in [0.3, 0.4) is 0 Å². The van der Waals surface area contributed by atoms with Gasteiger partial charge in [0, 0.05) is 17.4 Å². The summed E-state index contributed by atoms with van der Waals surface area (Å²) >= 11 is 0. The molecule has 8 nitrogen and oxygen atoms in total. The van der Waals surface area contributed by atoms with E-state index in [1.165, 1.54) is 0 Å². The summed E-state index contributed by atoms with van der Waals surface area (Å²) in [6.07, 6.45) is 2.18. The van der Waals surface area contributed by atoms with Crippen molar-refractivity contribution in [2.24, 2.45) is 0 Å². The summed E-state index contributed by atoms with van der Waals surface area (Å²) in [5.74, 6) is 1.16. The van der Waals surface area contributed by atoms with Crippen molar-refractivity contribution in [3.63, 3.8) is 0 Å². The van der Waals surface area contributed by atoms with Crippen LogP contribution in [0.15, 0.2) is 22.7 Å². The molecule has 1 aliphatic carbocycles. The van der Waals surface area contributed by atoms with Crippen molar-refractivity contribution in [1.82, 2.24) is 25.0 Å². The predicted molar refractivity (Wildman–Crippen MR) is 85.9 cm³/mol. The van der Waals surface area contributed by atoms with E-state index in [-0.39, 0.29) is 17.0 Å². The normalized spacial score (nSPS) is 15.0. The largest absolute Gasteiger partial charge is 0.338 e. The second-order valence-corrected chi connectivity index (χ2v) is 7.10. The van der Waals surface area contributed by atoms with Crippen LogP contribution in [0, 0.1) is 0 Å². The number of nitrogens with one attached hydrogen (secondary N) is 1. The first kappa shape index (κ1) is 14.8. The minimum atomic E-state index is -0.357. The Hall–Kier alpha value is -2.77. The molecule has 0 unspecified atom stereocenters. The summed E-state index contributed by atoms with van der Waals surface area (Å²) in [6, 6.07) is 5.09. The minimum Gasteiger partial charge on any atom is -0.338 e. The van der Waals surface area contributed by atoms with Gasteiger partial charge in [0.15, 0.2) is 11.5 Å². The maximum atomic E-state index is 12.4. The van der Waals surface area contributed by atoms with E-state index in [4.69, 9.17) is 4.52 Å². The summed E-state index contributed by atoms with van der Waals surface area (Å²) in [4.78, 5) is 12.4. The fourth-order valence-corrected chi connectivity index (χ4v) is 2.39. The van der Waals surface area contributed by atoms with Crippen LogP contribution >= 0.6 is 0 Å². The van der Waals surface area contributed by atoms with E-state index in [9.17, 15) is 4.79 Å². The molecule has 124 valence electrons. The van der Waals surface area contributed by atoms with Crippen LogP contribution in [0.2, 0.25) is 0 Å². The van der Waals surface area contributed by atoms with Crippen LogP contribution in [0.1, 0.15) is 61.5 Å². The molecule has 0 atom stereocenters. The molecule has 4 rings (SSSR count). The molecule has 1 saturated carbocycles. The molecule has 0 radical (unpaired) electrons. The Morgan fingerprint density at radius 1 is 1.29 bits per heavy atom. The van der Waals surface area contributed by atoms with Crippen molar-refractivity contribution >= 4 is 17.4 Å². The van der Waals surface area contributed by atoms with Gasteiger partial charge in [-0.25, -0.2) is 0 Å². The molecular formula is C16H18N6O2. The maximum Gasteiger partial charge on any atom is 0.278 e. The van der Waals surface area contributed by atoms with Crippen LogP contribution in [0.25, 0.3) is 5.65 Å². The molecule has 1 fully saturated rings. The summed E-state index contributed by atoms with van der Waals surface area (Å²) in [7, 11) is 0. The number of nitrogens with zero attached hydrogens (tertiary/aromatic N) is 5. The Balaban J connectivity index is 1.59. The van der Waals surface area contributed by atoms with Crippen molar-refractivity contribution in [3.05, 3.63) is 35.4 Å². The zero-order valence-corrected chi connectivity index (χ0v) is 13.8. The number of fused-ring (bicyclic) bond motifs is 1. The van der Waals surface area contributed by atoms with Gasteiger partial charge in [-0.3, -0.25) is 10.1 Å². The smallest absolute Gasteiger partial charge is 0.278 e. The summed E-state index contributed by atoms with van der Waals surface area (Å²) in [5.41, 5.74) is 1.54. The second-order valence-electron chi connectivity index (χ2n) is 7.10. The number of rotatable bonds is 3. The Labute approximate surface area is 138 Å². The summed E-state index contributed by atoms with van der Waals surface area (Å²) in [6.45, 7) is 6.08. The summed E-state index contributed by atoms with van der Waals surface area (Å²) < 4.78 is 6.83. The van der Waals surface area contributed by atoms with E-state index in [0.717, 1.165) is 24.4 Å². The van der Waals surface area contributed by atoms with Crippen LogP contribution in [-0.4, -0.2) is 30.9 Å². The third-order valence-electron chi connectivity index (χ3n) is 3.98. The standard InChI is InChI=1S/C16H18N6O2/c1-16(2,3)11-8-13(24-21-11)17-15(23)10-6-7-12-18-19-14(9-4-5-9)22(12)20-10/h6-9H,4-5H2,1-3H3,(H,17,23). The quantitative estimate of drug-likeness (QED) is 0.794. The highest BCUT2D eigenvalue weighted by Crippen LogP contribution is 2.38. The Morgan fingerprint density at radius 3 is 2.75 bits per heavy atom. The molecule has 0 aliphatic heterocycles. The van der Waals surface area contributed by atoms with Crippen molar-refractivity contribution < 1.29 is 9.32 Å². The van der Waals surface area contributed by atoms with Crippen LogP contribution < -0.4 is 5.32 Å². The molecule has 0 aromatic carbocycles. The van der Waals surface area contributed by atoms with Crippen LogP contribution in [-0.2, 0) is 5.41 Å². The number of carbonyl (C=O) groups excluding carboxylic acids is 1. The monoisotopic (exact) mass is 326 g/mol. The van der Waals surface area contributed by atoms with Gasteiger partial charge in [-0.1, -0.05) is 25.9 Å². The van der Waals surface area contributed by atoms with Gasteiger partial charge in [0.25, 0.3) is 5.91 Å². The van der Waals surface area contributed by atoms with Crippen molar-refractivity contribution in [1.29, 1.82) is 0 Å². The van der Waals surface area contributed by atoms with E-state index in [0.29, 0.717) is 17.4 Å². The second kappa shape index (κ2) is 5.12. The van der Waals surface area contributed by atoms with Gasteiger partial charge in [-0.2, -0.15) is 9.61 Å². The van der Waals surface area contributed by atoms with Gasteiger partial charge in [0.05, 0.1) is 5.69 Å². The Kier molecular flexibility index (Phi) is 3.16. The van der Waals surface area contributed by atoms with Crippen LogP contribution in [0.5, 0.6) is 0 Å². The molecule has 1 N–H and O–H groups in total. The lowest BCUT2D eigenvalue weighted by molar-refractivity contribution is 0.101. The fourth-order valence-electron chi connectivity index (χ4n) is 2.39. The lowest BCUT2D eigenvalue weighted by atomic mass is 9.92. The summed E-state index contributed by atoms with van der Waals surface area (Å²) in [5, 5.41) is 19.3. The van der Waals surface area contributed by atoms with Gasteiger partial charge in [0.1, 0.15) is 5.69 Å². The average molecular weight is 326 g/mol. The maximum absolute atomic E-state index is 12.4. The number of hydrogen-bond donors (Lipinski definition) is 1. The molecule has 24 heavy (non-hydrogen) atoms. The Bertz CT molecular complexity index is 916. The molecule has 3 aromatic heterocycles. The van der Waals surface area contributed by atoms with Crippen LogP contribution in [0.4, 0.5) is 5.88 Å². The third-order valence-corrected chi connectivity index (χ3v) is 3.98. The van der Waals surface area contributed by atoms with Crippen molar-refractivity contribution in [2.45, 2.75) is 44.9 Å². The number of hydrogen-bond acceptors (Lipinski definition) is 6. The third kappa shape index (κ3) is 2.64. The minimum absolute atomic E-state index is 0.148. The molecule has 0 bridgehead atoms. The van der Waals surface area contributed by atoms with Crippen molar-refractivity contribution in [3.8, 4) is 0 Å². The number of aromatic nitrogens is 5. The van der Waals surface area contributed by atoms with E-state index in [1.807, 2.05) is 20.8 Å². The predicted octanol–water partition coefficient (Wildman–Crippen LogP) is 2.54. The molecule has 1 aliphatic rings. The highest BCUT2D eigenvalue weighted by molar-refractivity contribution is 6.02. The van der Waals surface area contributed by atoms with E-state index < -0.39 is 0 Å². The highest BCUT2D eigenvalue weighted by atomic mass is 16.5. The van der Waals surface area contributed by atoms with E-state index in [1.54, 1.807) is 22.7 Å². The van der Waals surface area contributed by atoms with Gasteiger partial charge in [0.2, 0.25) is 5.88 Å². The highest BCUT2D eigenvalue weighted by Gasteiger charge is 2.29. The molecule has 1 amide bonds.